The lowest BCUT2D eigenvalue weighted by atomic mass is 10.1. The molecular formula is C20H13FN4O2S2. The minimum absolute atomic E-state index is 0.280. The zero-order valence-electron chi connectivity index (χ0n) is 15.1. The fraction of sp³-hybridized carbons (Fsp3) is 0.150. The zero-order chi connectivity index (χ0) is 20.5. The number of aromatic nitrogens is 3. The highest BCUT2D eigenvalue weighted by Gasteiger charge is 2.24. The van der Waals surface area contributed by atoms with Crippen LogP contribution in [0.5, 0.6) is 0 Å². The van der Waals surface area contributed by atoms with Gasteiger partial charge in [0.1, 0.15) is 15.7 Å². The average Bonchev–Trinajstić information content (AvgIpc) is 3.32. The van der Waals surface area contributed by atoms with Crippen molar-refractivity contribution in [1.29, 1.82) is 5.26 Å². The maximum absolute atomic E-state index is 13.2. The molecule has 1 atom stereocenters. The Labute approximate surface area is 172 Å². The molecule has 3 heterocycles. The van der Waals surface area contributed by atoms with Crippen LogP contribution in [0.2, 0.25) is 0 Å². The maximum atomic E-state index is 13.2. The van der Waals surface area contributed by atoms with E-state index < -0.39 is 11.7 Å². The average molecular weight is 424 g/mol. The van der Waals surface area contributed by atoms with Gasteiger partial charge in [-0.3, -0.25) is 14.2 Å². The van der Waals surface area contributed by atoms with E-state index >= 15 is 0 Å². The Hall–Kier alpha value is -3.22. The van der Waals surface area contributed by atoms with Gasteiger partial charge in [0.2, 0.25) is 0 Å². The van der Waals surface area contributed by atoms with Crippen LogP contribution in [-0.4, -0.2) is 20.3 Å². The van der Waals surface area contributed by atoms with Gasteiger partial charge in [0, 0.05) is 22.0 Å². The minimum atomic E-state index is -1.03. The van der Waals surface area contributed by atoms with E-state index in [-0.39, 0.29) is 17.9 Å². The topological polar surface area (TPSA) is 88.6 Å². The monoisotopic (exact) mass is 424 g/mol. The van der Waals surface area contributed by atoms with E-state index in [4.69, 9.17) is 0 Å². The van der Waals surface area contributed by atoms with Gasteiger partial charge in [-0.15, -0.1) is 22.7 Å². The van der Waals surface area contributed by atoms with E-state index in [1.165, 1.54) is 45.7 Å². The number of nitrogens with zero attached hydrogens (tertiary/aromatic N) is 4. The second-order valence-electron chi connectivity index (χ2n) is 6.37. The molecule has 0 N–H and O–H groups in total. The van der Waals surface area contributed by atoms with Gasteiger partial charge in [0.15, 0.2) is 11.7 Å². The minimum Gasteiger partial charge on any atom is -0.296 e. The molecule has 0 fully saturated rings. The number of nitriles is 1. The fourth-order valence-corrected chi connectivity index (χ4v) is 4.72. The number of thiazole rings is 1. The number of ketones is 1. The van der Waals surface area contributed by atoms with E-state index in [2.05, 4.69) is 9.97 Å². The van der Waals surface area contributed by atoms with Gasteiger partial charge in [-0.25, -0.2) is 14.4 Å². The van der Waals surface area contributed by atoms with Crippen LogP contribution in [0.25, 0.3) is 21.3 Å². The Morgan fingerprint density at radius 3 is 2.69 bits per heavy atom. The van der Waals surface area contributed by atoms with Gasteiger partial charge in [-0.1, -0.05) is 12.1 Å². The van der Waals surface area contributed by atoms with Crippen LogP contribution in [-0.2, 0) is 11.3 Å². The van der Waals surface area contributed by atoms with E-state index in [0.717, 1.165) is 5.69 Å². The number of rotatable bonds is 5. The highest BCUT2D eigenvalue weighted by molar-refractivity contribution is 7.17. The predicted molar refractivity (Wildman–Crippen MR) is 109 cm³/mol. The first-order valence-corrected chi connectivity index (χ1v) is 10.3. The Bertz CT molecular complexity index is 1310. The summed E-state index contributed by atoms with van der Waals surface area (Å²) in [5, 5.41) is 13.8. The smallest absolute Gasteiger partial charge is 0.263 e. The van der Waals surface area contributed by atoms with E-state index in [0.29, 0.717) is 26.4 Å². The first kappa shape index (κ1) is 19.1. The molecule has 3 aromatic heterocycles. The molecule has 4 rings (SSSR count). The van der Waals surface area contributed by atoms with Crippen molar-refractivity contribution in [3.8, 4) is 17.2 Å². The predicted octanol–water partition coefficient (Wildman–Crippen LogP) is 3.91. The fourth-order valence-electron chi connectivity index (χ4n) is 2.95. The van der Waals surface area contributed by atoms with E-state index in [9.17, 15) is 19.2 Å². The van der Waals surface area contributed by atoms with E-state index in [1.807, 2.05) is 6.07 Å². The Kier molecular flexibility index (Phi) is 5.05. The number of carbonyl (C=O) groups is 1. The molecule has 4 aromatic rings. The maximum Gasteiger partial charge on any atom is 0.263 e. The second-order valence-corrected chi connectivity index (χ2v) is 8.12. The van der Waals surface area contributed by atoms with Gasteiger partial charge in [-0.05, 0) is 24.6 Å². The lowest BCUT2D eigenvalue weighted by molar-refractivity contribution is -0.120. The summed E-state index contributed by atoms with van der Waals surface area (Å²) in [7, 11) is 0. The SMILES string of the molecule is Cc1csc(C(C#N)C(=O)Cn2cnc3scc(-c4ccc(F)cc4)c3c2=O)n1. The number of Topliss-reactive ketones (excluding diaryl/α,β-unsaturated/α-hetero) is 1. The summed E-state index contributed by atoms with van der Waals surface area (Å²) in [6, 6.07) is 7.81. The summed E-state index contributed by atoms with van der Waals surface area (Å²) in [5.41, 5.74) is 1.68. The van der Waals surface area contributed by atoms with E-state index in [1.54, 1.807) is 29.8 Å². The number of aryl methyl sites for hydroxylation is 1. The van der Waals surface area contributed by atoms with Gasteiger partial charge >= 0.3 is 0 Å². The van der Waals surface area contributed by atoms with Gasteiger partial charge in [0.05, 0.1) is 24.3 Å². The standard InChI is InChI=1S/C20H13FN4O2S2/c1-11-8-28-18(24-11)14(6-22)16(26)7-25-10-23-19-17(20(25)27)15(9-29-19)12-2-4-13(21)5-3-12/h2-5,8-10,14H,7H2,1H3. The molecule has 0 aliphatic heterocycles. The van der Waals surface area contributed by atoms with Crippen molar-refractivity contribution >= 4 is 38.7 Å². The van der Waals surface area contributed by atoms with Crippen LogP contribution in [0.15, 0.2) is 46.1 Å². The Balaban J connectivity index is 1.71. The van der Waals surface area contributed by atoms with Crippen LogP contribution >= 0.6 is 22.7 Å². The highest BCUT2D eigenvalue weighted by atomic mass is 32.1. The molecule has 0 saturated carbocycles. The molecule has 29 heavy (non-hydrogen) atoms. The third-order valence-electron chi connectivity index (χ3n) is 4.38. The molecule has 0 amide bonds. The zero-order valence-corrected chi connectivity index (χ0v) is 16.8. The summed E-state index contributed by atoms with van der Waals surface area (Å²) in [5.74, 6) is -1.83. The first-order chi connectivity index (χ1) is 14.0. The normalized spacial score (nSPS) is 12.0. The molecule has 1 aromatic carbocycles. The van der Waals surface area contributed by atoms with Crippen molar-refractivity contribution in [2.45, 2.75) is 19.4 Å². The Morgan fingerprint density at radius 1 is 1.28 bits per heavy atom. The highest BCUT2D eigenvalue weighted by Crippen LogP contribution is 2.30. The number of fused-ring (bicyclic) bond motifs is 1. The molecular weight excluding hydrogens is 411 g/mol. The summed E-state index contributed by atoms with van der Waals surface area (Å²) in [4.78, 5) is 34.8. The number of hydrogen-bond acceptors (Lipinski definition) is 7. The molecule has 0 radical (unpaired) electrons. The third kappa shape index (κ3) is 3.60. The summed E-state index contributed by atoms with van der Waals surface area (Å²) >= 11 is 2.55. The lowest BCUT2D eigenvalue weighted by Crippen LogP contribution is -2.27. The molecule has 0 spiro atoms. The molecule has 0 bridgehead atoms. The van der Waals surface area contributed by atoms with Crippen molar-refractivity contribution in [1.82, 2.24) is 14.5 Å². The van der Waals surface area contributed by atoms with Crippen molar-refractivity contribution in [2.24, 2.45) is 0 Å². The third-order valence-corrected chi connectivity index (χ3v) is 6.29. The van der Waals surface area contributed by atoms with Crippen molar-refractivity contribution in [2.75, 3.05) is 0 Å². The first-order valence-electron chi connectivity index (χ1n) is 8.55. The second kappa shape index (κ2) is 7.66. The van der Waals surface area contributed by atoms with Crippen LogP contribution in [0.1, 0.15) is 16.6 Å². The quantitative estimate of drug-likeness (QED) is 0.485. The van der Waals surface area contributed by atoms with Crippen LogP contribution < -0.4 is 5.56 Å². The van der Waals surface area contributed by atoms with Crippen LogP contribution in [0.4, 0.5) is 4.39 Å². The number of hydrogen-bond donors (Lipinski definition) is 0. The van der Waals surface area contributed by atoms with Gasteiger partial charge in [-0.2, -0.15) is 5.26 Å². The molecule has 0 saturated heterocycles. The molecule has 9 heteroatoms. The molecule has 0 aliphatic carbocycles. The molecule has 1 unspecified atom stereocenters. The molecule has 144 valence electrons. The van der Waals surface area contributed by atoms with Crippen molar-refractivity contribution in [3.63, 3.8) is 0 Å². The number of halogens is 1. The number of benzene rings is 1. The van der Waals surface area contributed by atoms with Crippen LogP contribution in [0, 0.1) is 24.1 Å². The molecule has 6 nitrogen and oxygen atoms in total. The van der Waals surface area contributed by atoms with Gasteiger partial charge in [0.25, 0.3) is 5.56 Å². The van der Waals surface area contributed by atoms with Crippen molar-refractivity contribution in [3.05, 3.63) is 68.2 Å². The Morgan fingerprint density at radius 2 is 2.03 bits per heavy atom. The summed E-state index contributed by atoms with van der Waals surface area (Å²) in [6.07, 6.45) is 1.31. The van der Waals surface area contributed by atoms with Crippen molar-refractivity contribution < 1.29 is 9.18 Å². The molecule has 0 aliphatic rings. The lowest BCUT2D eigenvalue weighted by Gasteiger charge is -2.08. The van der Waals surface area contributed by atoms with Gasteiger partial charge < -0.3 is 0 Å². The summed E-state index contributed by atoms with van der Waals surface area (Å²) < 4.78 is 14.4. The van der Waals surface area contributed by atoms with Crippen LogP contribution in [0.3, 0.4) is 0 Å². The number of thiophene rings is 1. The summed E-state index contributed by atoms with van der Waals surface area (Å²) in [6.45, 7) is 1.51. The number of carbonyl (C=O) groups excluding carboxylic acids is 1. The largest absolute Gasteiger partial charge is 0.296 e.